The van der Waals surface area contributed by atoms with Crippen molar-refractivity contribution in [3.63, 3.8) is 0 Å². The highest BCUT2D eigenvalue weighted by molar-refractivity contribution is 6.36. The Morgan fingerprint density at radius 3 is 2.74 bits per heavy atom. The Morgan fingerprint density at radius 1 is 1.41 bits per heavy atom. The quantitative estimate of drug-likeness (QED) is 0.750. The first-order valence-electron chi connectivity index (χ1n) is 8.26. The van der Waals surface area contributed by atoms with Gasteiger partial charge in [0, 0.05) is 20.1 Å². The molecular formula is C17H18ClF3N4O2. The molecule has 10 heteroatoms. The number of benzene rings is 1. The number of rotatable bonds is 5. The molecule has 146 valence electrons. The second kappa shape index (κ2) is 7.77. The molecule has 0 radical (unpaired) electrons. The Balaban J connectivity index is 1.96. The standard InChI is InChI=1S/C17H18ClF3N4O2/c1-27-8-7-22-16(26)14-13(18)15-23-11(10-5-3-2-4-6-10)9-12(17(19,20)21)25(15)24-14/h2-6,11-12,23H,7-9H2,1H3,(H,22,26)/t11-,12+/m1/s1. The lowest BCUT2D eigenvalue weighted by Gasteiger charge is -2.33. The van der Waals surface area contributed by atoms with Gasteiger partial charge < -0.3 is 15.4 Å². The van der Waals surface area contributed by atoms with E-state index in [1.165, 1.54) is 7.11 Å². The van der Waals surface area contributed by atoms with Gasteiger partial charge in [0.25, 0.3) is 5.91 Å². The molecule has 6 nitrogen and oxygen atoms in total. The van der Waals surface area contributed by atoms with E-state index < -0.39 is 24.2 Å². The van der Waals surface area contributed by atoms with Crippen molar-refractivity contribution in [2.24, 2.45) is 0 Å². The molecule has 1 aliphatic rings. The normalized spacial score (nSPS) is 19.3. The van der Waals surface area contributed by atoms with Crippen LogP contribution in [0, 0.1) is 0 Å². The topological polar surface area (TPSA) is 68.2 Å². The van der Waals surface area contributed by atoms with Crippen LogP contribution in [0.15, 0.2) is 30.3 Å². The van der Waals surface area contributed by atoms with Crippen molar-refractivity contribution in [3.8, 4) is 0 Å². The van der Waals surface area contributed by atoms with E-state index >= 15 is 0 Å². The monoisotopic (exact) mass is 402 g/mol. The fourth-order valence-electron chi connectivity index (χ4n) is 2.99. The van der Waals surface area contributed by atoms with E-state index in [1.54, 1.807) is 30.3 Å². The van der Waals surface area contributed by atoms with E-state index in [0.717, 1.165) is 4.68 Å². The predicted molar refractivity (Wildman–Crippen MR) is 94.0 cm³/mol. The third kappa shape index (κ3) is 4.03. The number of nitrogens with zero attached hydrogens (tertiary/aromatic N) is 2. The number of carbonyl (C=O) groups is 1. The summed E-state index contributed by atoms with van der Waals surface area (Å²) in [6, 6.07) is 6.27. The summed E-state index contributed by atoms with van der Waals surface area (Å²) < 4.78 is 46.5. The van der Waals surface area contributed by atoms with E-state index in [2.05, 4.69) is 15.7 Å². The Bertz CT molecular complexity index is 811. The van der Waals surface area contributed by atoms with Crippen LogP contribution in [-0.2, 0) is 4.74 Å². The minimum atomic E-state index is -4.54. The number of halogens is 4. The van der Waals surface area contributed by atoms with Gasteiger partial charge in [-0.2, -0.15) is 18.3 Å². The van der Waals surface area contributed by atoms with E-state index in [-0.39, 0.29) is 36.1 Å². The molecule has 1 aromatic carbocycles. The third-order valence-electron chi connectivity index (χ3n) is 4.30. The average molecular weight is 403 g/mol. The summed E-state index contributed by atoms with van der Waals surface area (Å²) in [5.41, 5.74) is 0.444. The number of hydrogen-bond donors (Lipinski definition) is 2. The van der Waals surface area contributed by atoms with Gasteiger partial charge in [0.1, 0.15) is 10.8 Å². The number of anilines is 1. The van der Waals surface area contributed by atoms with Crippen LogP contribution < -0.4 is 10.6 Å². The van der Waals surface area contributed by atoms with Crippen LogP contribution in [0.4, 0.5) is 19.0 Å². The van der Waals surface area contributed by atoms with Gasteiger partial charge >= 0.3 is 6.18 Å². The zero-order chi connectivity index (χ0) is 19.6. The van der Waals surface area contributed by atoms with Crippen LogP contribution in [0.5, 0.6) is 0 Å². The summed E-state index contributed by atoms with van der Waals surface area (Å²) in [5, 5.41) is 9.22. The Kier molecular flexibility index (Phi) is 5.61. The zero-order valence-corrected chi connectivity index (χ0v) is 15.1. The predicted octanol–water partition coefficient (Wildman–Crippen LogP) is 3.57. The Labute approximate surface area is 158 Å². The van der Waals surface area contributed by atoms with Gasteiger partial charge in [-0.25, -0.2) is 4.68 Å². The van der Waals surface area contributed by atoms with Crippen molar-refractivity contribution in [1.82, 2.24) is 15.1 Å². The van der Waals surface area contributed by atoms with Crippen LogP contribution >= 0.6 is 11.6 Å². The number of carbonyl (C=O) groups excluding carboxylic acids is 1. The van der Waals surface area contributed by atoms with E-state index in [4.69, 9.17) is 16.3 Å². The molecule has 0 bridgehead atoms. The fraction of sp³-hybridized carbons (Fsp3) is 0.412. The molecule has 0 saturated heterocycles. The van der Waals surface area contributed by atoms with Crippen LogP contribution in [0.3, 0.4) is 0 Å². The minimum absolute atomic E-state index is 0.0176. The van der Waals surface area contributed by atoms with Gasteiger partial charge in [-0.3, -0.25) is 4.79 Å². The van der Waals surface area contributed by atoms with Gasteiger partial charge in [0.2, 0.25) is 0 Å². The molecule has 0 unspecified atom stereocenters. The summed E-state index contributed by atoms with van der Waals surface area (Å²) in [4.78, 5) is 12.2. The lowest BCUT2D eigenvalue weighted by molar-refractivity contribution is -0.173. The molecule has 2 N–H and O–H groups in total. The fourth-order valence-corrected chi connectivity index (χ4v) is 3.25. The van der Waals surface area contributed by atoms with Crippen LogP contribution in [0.1, 0.15) is 34.6 Å². The highest BCUT2D eigenvalue weighted by atomic mass is 35.5. The Hall–Kier alpha value is -2.26. The van der Waals surface area contributed by atoms with Crippen molar-refractivity contribution in [2.45, 2.75) is 24.7 Å². The van der Waals surface area contributed by atoms with Crippen molar-refractivity contribution < 1.29 is 22.7 Å². The van der Waals surface area contributed by atoms with Gasteiger partial charge in [-0.05, 0) is 5.56 Å². The molecule has 0 fully saturated rings. The lowest BCUT2D eigenvalue weighted by Crippen LogP contribution is -2.36. The van der Waals surface area contributed by atoms with Gasteiger partial charge in [0.05, 0.1) is 12.6 Å². The Morgan fingerprint density at radius 2 is 2.11 bits per heavy atom. The molecule has 2 heterocycles. The smallest absolute Gasteiger partial charge is 0.383 e. The van der Waals surface area contributed by atoms with Crippen LogP contribution in [0.2, 0.25) is 5.02 Å². The average Bonchev–Trinajstić information content (AvgIpc) is 2.98. The van der Waals surface area contributed by atoms with E-state index in [9.17, 15) is 18.0 Å². The maximum atomic E-state index is 13.7. The van der Waals surface area contributed by atoms with Gasteiger partial charge in [-0.15, -0.1) is 0 Å². The molecule has 2 aromatic rings. The molecule has 3 rings (SSSR count). The summed E-state index contributed by atoms with van der Waals surface area (Å²) in [7, 11) is 1.47. The number of amides is 1. The number of alkyl halides is 3. The maximum Gasteiger partial charge on any atom is 0.410 e. The minimum Gasteiger partial charge on any atom is -0.383 e. The number of methoxy groups -OCH3 is 1. The molecular weight excluding hydrogens is 385 g/mol. The van der Waals surface area contributed by atoms with Crippen LogP contribution in [0.25, 0.3) is 0 Å². The summed E-state index contributed by atoms with van der Waals surface area (Å²) in [5.74, 6) is -0.672. The van der Waals surface area contributed by atoms with Gasteiger partial charge in [0.15, 0.2) is 11.7 Å². The molecule has 0 spiro atoms. The third-order valence-corrected chi connectivity index (χ3v) is 4.66. The second-order valence-corrected chi connectivity index (χ2v) is 6.48. The first kappa shape index (κ1) is 19.5. The number of fused-ring (bicyclic) bond motifs is 1. The zero-order valence-electron chi connectivity index (χ0n) is 14.4. The van der Waals surface area contributed by atoms with E-state index in [0.29, 0.717) is 5.56 Å². The SMILES string of the molecule is COCCNC(=O)c1nn2c(c1Cl)N[C@@H](c1ccccc1)C[C@H]2C(F)(F)F. The first-order chi connectivity index (χ1) is 12.8. The van der Waals surface area contributed by atoms with Crippen molar-refractivity contribution in [3.05, 3.63) is 46.6 Å². The van der Waals surface area contributed by atoms with Crippen LogP contribution in [-0.4, -0.2) is 42.1 Å². The molecule has 2 atom stereocenters. The maximum absolute atomic E-state index is 13.7. The molecule has 0 aliphatic carbocycles. The molecule has 0 saturated carbocycles. The number of nitrogens with one attached hydrogen (secondary N) is 2. The molecule has 1 amide bonds. The largest absolute Gasteiger partial charge is 0.410 e. The highest BCUT2D eigenvalue weighted by Gasteiger charge is 2.47. The number of ether oxygens (including phenoxy) is 1. The highest BCUT2D eigenvalue weighted by Crippen LogP contribution is 2.46. The molecule has 1 aliphatic heterocycles. The molecule has 27 heavy (non-hydrogen) atoms. The van der Waals surface area contributed by atoms with Crippen molar-refractivity contribution in [1.29, 1.82) is 0 Å². The first-order valence-corrected chi connectivity index (χ1v) is 8.64. The van der Waals surface area contributed by atoms with Crippen molar-refractivity contribution >= 4 is 23.3 Å². The molecule has 1 aromatic heterocycles. The van der Waals surface area contributed by atoms with E-state index in [1.807, 2.05) is 0 Å². The number of aromatic nitrogens is 2. The lowest BCUT2D eigenvalue weighted by atomic mass is 9.97. The number of hydrogen-bond acceptors (Lipinski definition) is 4. The summed E-state index contributed by atoms with van der Waals surface area (Å²) >= 11 is 6.21. The van der Waals surface area contributed by atoms with Crippen molar-refractivity contribution in [2.75, 3.05) is 25.6 Å². The summed E-state index contributed by atoms with van der Waals surface area (Å²) in [6.07, 6.45) is -4.80. The van der Waals surface area contributed by atoms with Gasteiger partial charge in [-0.1, -0.05) is 41.9 Å². The second-order valence-electron chi connectivity index (χ2n) is 6.11. The summed E-state index contributed by atoms with van der Waals surface area (Å²) in [6.45, 7) is 0.451.